The van der Waals surface area contributed by atoms with Gasteiger partial charge in [0.05, 0.1) is 35.6 Å². The average Bonchev–Trinajstić information content (AvgIpc) is 3.39. The highest BCUT2D eigenvalue weighted by Crippen LogP contribution is 2.43. The second-order valence-electron chi connectivity index (χ2n) is 12.5. The first-order valence-electron chi connectivity index (χ1n) is 16.4. The van der Waals surface area contributed by atoms with Crippen molar-refractivity contribution in [3.8, 4) is 0 Å². The predicted molar refractivity (Wildman–Crippen MR) is 184 cm³/mol. The monoisotopic (exact) mass is 638 g/mol. The number of imide groups is 1. The number of carbonyl (C=O) groups is 2. The third-order valence-electron chi connectivity index (χ3n) is 9.25. The van der Waals surface area contributed by atoms with Gasteiger partial charge in [-0.1, -0.05) is 116 Å². The Hall–Kier alpha value is -4.92. The van der Waals surface area contributed by atoms with Crippen molar-refractivity contribution < 1.29 is 24.2 Å². The van der Waals surface area contributed by atoms with Crippen molar-refractivity contribution in [3.63, 3.8) is 0 Å². The van der Waals surface area contributed by atoms with Crippen molar-refractivity contribution in [2.45, 2.75) is 45.1 Å². The molecule has 242 valence electrons. The van der Waals surface area contributed by atoms with Crippen molar-refractivity contribution in [2.24, 2.45) is 5.92 Å². The van der Waals surface area contributed by atoms with Gasteiger partial charge in [0.15, 0.2) is 6.29 Å². The molecular weight excluding hydrogens is 600 g/mol. The summed E-state index contributed by atoms with van der Waals surface area (Å²) in [6, 6.07) is 43.0. The quantitative estimate of drug-likeness (QED) is 0.160. The highest BCUT2D eigenvalue weighted by atomic mass is 16.7. The smallest absolute Gasteiger partial charge is 0.266 e. The Kier molecular flexibility index (Phi) is 9.27. The molecule has 0 radical (unpaired) electrons. The van der Waals surface area contributed by atoms with Crippen LogP contribution in [0.3, 0.4) is 0 Å². The van der Waals surface area contributed by atoms with Gasteiger partial charge in [0.2, 0.25) is 0 Å². The Bertz CT molecular complexity index is 1800. The number of carbonyl (C=O) groups excluding carboxylic acids is 2. The van der Waals surface area contributed by atoms with Crippen LogP contribution in [-0.4, -0.2) is 34.5 Å². The molecule has 48 heavy (non-hydrogen) atoms. The van der Waals surface area contributed by atoms with E-state index in [4.69, 9.17) is 9.47 Å². The molecule has 2 aliphatic heterocycles. The molecular formula is C41H38N2O5. The molecule has 0 aliphatic carbocycles. The van der Waals surface area contributed by atoms with Crippen LogP contribution in [0.1, 0.15) is 67.9 Å². The Morgan fingerprint density at radius 2 is 1.23 bits per heavy atom. The molecule has 1 N–H and O–H groups in total. The summed E-state index contributed by atoms with van der Waals surface area (Å²) < 4.78 is 13.6. The topological polar surface area (TPSA) is 79.3 Å². The van der Waals surface area contributed by atoms with Gasteiger partial charge in [-0.3, -0.25) is 14.5 Å². The lowest BCUT2D eigenvalue weighted by Crippen LogP contribution is -2.44. The molecule has 7 nitrogen and oxygen atoms in total. The molecule has 7 rings (SSSR count). The largest absolute Gasteiger partial charge is 0.392 e. The van der Waals surface area contributed by atoms with E-state index in [0.717, 1.165) is 29.8 Å². The molecule has 1 fully saturated rings. The fraction of sp³-hybridized carbons (Fsp3) is 0.220. The van der Waals surface area contributed by atoms with Crippen LogP contribution >= 0.6 is 0 Å². The first-order chi connectivity index (χ1) is 23.5. The molecule has 2 heterocycles. The van der Waals surface area contributed by atoms with E-state index in [1.54, 1.807) is 30.3 Å². The van der Waals surface area contributed by atoms with Crippen LogP contribution in [-0.2, 0) is 29.2 Å². The van der Waals surface area contributed by atoms with Gasteiger partial charge in [-0.15, -0.1) is 0 Å². The molecule has 0 spiro atoms. The number of hydrogen-bond acceptors (Lipinski definition) is 6. The Morgan fingerprint density at radius 1 is 0.646 bits per heavy atom. The molecule has 4 atom stereocenters. The molecule has 0 saturated carbocycles. The van der Waals surface area contributed by atoms with E-state index in [-0.39, 0.29) is 36.5 Å². The Morgan fingerprint density at radius 3 is 1.81 bits per heavy atom. The van der Waals surface area contributed by atoms with Gasteiger partial charge in [-0.2, -0.15) is 0 Å². The minimum Gasteiger partial charge on any atom is -0.392 e. The summed E-state index contributed by atoms with van der Waals surface area (Å²) in [6.45, 7) is 4.27. The van der Waals surface area contributed by atoms with Gasteiger partial charge in [0.25, 0.3) is 11.8 Å². The summed E-state index contributed by atoms with van der Waals surface area (Å²) in [5, 5.41) is 9.67. The minimum atomic E-state index is -0.751. The molecule has 0 aromatic heterocycles. The highest BCUT2D eigenvalue weighted by Gasteiger charge is 2.40. The number of fused-ring (bicyclic) bond motifs is 1. The third-order valence-corrected chi connectivity index (χ3v) is 9.25. The molecule has 5 aromatic rings. The van der Waals surface area contributed by atoms with E-state index < -0.39 is 6.29 Å². The number of rotatable bonds is 10. The van der Waals surface area contributed by atoms with Gasteiger partial charge in [-0.25, -0.2) is 4.90 Å². The van der Waals surface area contributed by atoms with Crippen LogP contribution < -0.4 is 4.90 Å². The molecule has 1 saturated heterocycles. The summed E-state index contributed by atoms with van der Waals surface area (Å²) in [5.41, 5.74) is 6.24. The molecule has 0 unspecified atom stereocenters. The molecule has 5 aromatic carbocycles. The first-order valence-corrected chi connectivity index (χ1v) is 16.4. The number of nitrogens with zero attached hydrogens (tertiary/aromatic N) is 2. The summed E-state index contributed by atoms with van der Waals surface area (Å²) >= 11 is 0. The van der Waals surface area contributed by atoms with Crippen molar-refractivity contribution in [1.29, 1.82) is 0 Å². The number of aliphatic hydroxyl groups is 1. The van der Waals surface area contributed by atoms with Gasteiger partial charge in [0.1, 0.15) is 0 Å². The normalized spacial score (nSPS) is 20.7. The Labute approximate surface area is 281 Å². The zero-order valence-electron chi connectivity index (χ0n) is 26.8. The van der Waals surface area contributed by atoms with Gasteiger partial charge < -0.3 is 14.6 Å². The standard InChI is InChI=1S/C41H38N2O5/c1-28-37(26-42(24-29-11-4-2-5-12-29)25-30-13-6-3-7-14-30)47-41(48-38(28)32-21-19-31(27-44)20-22-32)33-15-10-16-34(23-33)43-39(45)35-17-8-9-18-36(35)40(43)46/h2-23,28,37-38,41,44H,24-27H2,1H3/t28-,37+,38+,41+/m0/s1. The van der Waals surface area contributed by atoms with E-state index in [9.17, 15) is 14.7 Å². The highest BCUT2D eigenvalue weighted by molar-refractivity contribution is 6.34. The zero-order valence-corrected chi connectivity index (χ0v) is 26.8. The van der Waals surface area contributed by atoms with Crippen molar-refractivity contribution in [3.05, 3.63) is 172 Å². The zero-order chi connectivity index (χ0) is 33.0. The fourth-order valence-corrected chi connectivity index (χ4v) is 6.69. The predicted octanol–water partition coefficient (Wildman–Crippen LogP) is 7.47. The van der Waals surface area contributed by atoms with Crippen LogP contribution in [0.4, 0.5) is 5.69 Å². The maximum atomic E-state index is 13.3. The van der Waals surface area contributed by atoms with E-state index in [2.05, 4.69) is 60.4 Å². The minimum absolute atomic E-state index is 0.0188. The van der Waals surface area contributed by atoms with E-state index in [1.165, 1.54) is 16.0 Å². The van der Waals surface area contributed by atoms with Crippen molar-refractivity contribution >= 4 is 17.5 Å². The second-order valence-corrected chi connectivity index (χ2v) is 12.5. The van der Waals surface area contributed by atoms with E-state index in [1.807, 2.05) is 54.6 Å². The second kappa shape index (κ2) is 14.1. The van der Waals surface area contributed by atoms with Crippen LogP contribution in [0.2, 0.25) is 0 Å². The van der Waals surface area contributed by atoms with E-state index >= 15 is 0 Å². The van der Waals surface area contributed by atoms with Gasteiger partial charge in [-0.05, 0) is 46.5 Å². The first kappa shape index (κ1) is 31.7. The number of anilines is 1. The van der Waals surface area contributed by atoms with Crippen LogP contribution in [0.25, 0.3) is 0 Å². The van der Waals surface area contributed by atoms with Gasteiger partial charge >= 0.3 is 0 Å². The molecule has 7 heteroatoms. The van der Waals surface area contributed by atoms with Crippen LogP contribution in [0.5, 0.6) is 0 Å². The number of benzene rings is 5. The summed E-state index contributed by atoms with van der Waals surface area (Å²) in [5.74, 6) is -0.706. The molecule has 2 aliphatic rings. The number of amides is 2. The van der Waals surface area contributed by atoms with Crippen LogP contribution in [0.15, 0.2) is 133 Å². The lowest BCUT2D eigenvalue weighted by molar-refractivity contribution is -0.276. The van der Waals surface area contributed by atoms with Crippen molar-refractivity contribution in [1.82, 2.24) is 4.90 Å². The maximum Gasteiger partial charge on any atom is 0.266 e. The maximum absolute atomic E-state index is 13.3. The molecule has 2 amide bonds. The SMILES string of the molecule is C[C@H]1[C@@H](CN(Cc2ccccc2)Cc2ccccc2)O[C@@H](c2cccc(N3C(=O)c4ccccc4C3=O)c2)O[C@H]1c1ccc(CO)cc1. The average molecular weight is 639 g/mol. The summed E-state index contributed by atoms with van der Waals surface area (Å²) in [4.78, 5) is 30.3. The lowest BCUT2D eigenvalue weighted by atomic mass is 9.89. The number of aliphatic hydroxyl groups excluding tert-OH is 1. The number of ether oxygens (including phenoxy) is 2. The van der Waals surface area contributed by atoms with E-state index in [0.29, 0.717) is 23.4 Å². The van der Waals surface area contributed by atoms with Crippen molar-refractivity contribution in [2.75, 3.05) is 11.4 Å². The summed E-state index contributed by atoms with van der Waals surface area (Å²) in [7, 11) is 0. The Balaban J connectivity index is 1.21. The third kappa shape index (κ3) is 6.59. The molecule has 0 bridgehead atoms. The fourth-order valence-electron chi connectivity index (χ4n) is 6.69. The van der Waals surface area contributed by atoms with Gasteiger partial charge in [0, 0.05) is 31.1 Å². The van der Waals surface area contributed by atoms with Crippen LogP contribution in [0, 0.1) is 5.92 Å². The lowest BCUT2D eigenvalue weighted by Gasteiger charge is -2.43. The number of hydrogen-bond donors (Lipinski definition) is 1. The summed E-state index contributed by atoms with van der Waals surface area (Å²) in [6.07, 6.45) is -1.28.